The number of nitrogens with zero attached hydrogens (tertiary/aromatic N) is 1. The minimum absolute atomic E-state index is 0.142. The lowest BCUT2D eigenvalue weighted by molar-refractivity contribution is 1.17. The van der Waals surface area contributed by atoms with Crippen LogP contribution >= 0.6 is 11.6 Å². The van der Waals surface area contributed by atoms with Crippen LogP contribution in [-0.4, -0.2) is 15.8 Å². The standard InChI is InChI=1S/C11H7ClN2O/c12-5-1-2-8-3-4-9-10(6-8)13-7-14-11(9)15/h3-4,6-7H,5H2,(H,13,14,15). The molecule has 15 heavy (non-hydrogen) atoms. The number of hydrogen-bond donors (Lipinski definition) is 1. The van der Waals surface area contributed by atoms with Crippen LogP contribution in [0.3, 0.4) is 0 Å². The first-order valence-electron chi connectivity index (χ1n) is 4.33. The summed E-state index contributed by atoms with van der Waals surface area (Å²) in [6, 6.07) is 5.25. The second kappa shape index (κ2) is 4.16. The van der Waals surface area contributed by atoms with Gasteiger partial charge in [0, 0.05) is 5.56 Å². The molecule has 0 fully saturated rings. The van der Waals surface area contributed by atoms with Gasteiger partial charge in [-0.05, 0) is 18.2 Å². The van der Waals surface area contributed by atoms with Crippen molar-refractivity contribution in [3.05, 3.63) is 40.4 Å². The molecular weight excluding hydrogens is 212 g/mol. The van der Waals surface area contributed by atoms with Crippen LogP contribution in [-0.2, 0) is 0 Å². The molecule has 1 aromatic heterocycles. The second-order valence-corrected chi connectivity index (χ2v) is 3.17. The second-order valence-electron chi connectivity index (χ2n) is 2.90. The van der Waals surface area contributed by atoms with Crippen LogP contribution in [0.4, 0.5) is 0 Å². The zero-order valence-corrected chi connectivity index (χ0v) is 8.51. The van der Waals surface area contributed by atoms with Crippen molar-refractivity contribution < 1.29 is 0 Å². The average Bonchev–Trinajstić information content (AvgIpc) is 2.26. The molecular formula is C11H7ClN2O. The molecule has 3 nitrogen and oxygen atoms in total. The van der Waals surface area contributed by atoms with Crippen LogP contribution in [0.15, 0.2) is 29.3 Å². The normalized spacial score (nSPS) is 9.67. The maximum Gasteiger partial charge on any atom is 0.258 e. The molecule has 0 bridgehead atoms. The van der Waals surface area contributed by atoms with Crippen molar-refractivity contribution in [1.82, 2.24) is 9.97 Å². The molecule has 4 heteroatoms. The Morgan fingerprint density at radius 3 is 3.13 bits per heavy atom. The van der Waals surface area contributed by atoms with E-state index in [0.29, 0.717) is 16.8 Å². The summed E-state index contributed by atoms with van der Waals surface area (Å²) in [5.74, 6) is 5.91. The van der Waals surface area contributed by atoms with E-state index >= 15 is 0 Å². The van der Waals surface area contributed by atoms with E-state index in [-0.39, 0.29) is 5.56 Å². The summed E-state index contributed by atoms with van der Waals surface area (Å²) in [6.07, 6.45) is 1.38. The molecule has 0 saturated carbocycles. The van der Waals surface area contributed by atoms with E-state index in [0.717, 1.165) is 5.56 Å². The Bertz CT molecular complexity index is 607. The highest BCUT2D eigenvalue weighted by molar-refractivity contribution is 6.19. The highest BCUT2D eigenvalue weighted by Gasteiger charge is 1.98. The molecule has 0 saturated heterocycles. The number of benzene rings is 1. The Kier molecular flexibility index (Phi) is 2.70. The molecule has 2 rings (SSSR count). The van der Waals surface area contributed by atoms with Gasteiger partial charge >= 0.3 is 0 Å². The summed E-state index contributed by atoms with van der Waals surface area (Å²) in [6.45, 7) is 0. The molecule has 0 atom stereocenters. The van der Waals surface area contributed by atoms with Gasteiger partial charge in [0.1, 0.15) is 0 Å². The largest absolute Gasteiger partial charge is 0.313 e. The molecule has 1 heterocycles. The van der Waals surface area contributed by atoms with E-state index in [4.69, 9.17) is 11.6 Å². The van der Waals surface area contributed by atoms with Crippen molar-refractivity contribution in [2.45, 2.75) is 0 Å². The minimum Gasteiger partial charge on any atom is -0.313 e. The molecule has 0 aliphatic rings. The quantitative estimate of drug-likeness (QED) is 0.538. The molecule has 1 aromatic carbocycles. The Morgan fingerprint density at radius 1 is 1.47 bits per heavy atom. The highest BCUT2D eigenvalue weighted by Crippen LogP contribution is 2.08. The molecule has 0 amide bonds. The Balaban J connectivity index is 2.62. The number of H-pyrrole nitrogens is 1. The summed E-state index contributed by atoms with van der Waals surface area (Å²) in [5, 5.41) is 0.564. The molecule has 74 valence electrons. The maximum absolute atomic E-state index is 11.4. The Hall–Kier alpha value is -1.79. The third kappa shape index (κ3) is 2.00. The first-order valence-corrected chi connectivity index (χ1v) is 4.87. The smallest absolute Gasteiger partial charge is 0.258 e. The lowest BCUT2D eigenvalue weighted by Gasteiger charge is -1.95. The fourth-order valence-corrected chi connectivity index (χ4v) is 1.35. The lowest BCUT2D eigenvalue weighted by atomic mass is 10.1. The molecule has 0 unspecified atom stereocenters. The van der Waals surface area contributed by atoms with Gasteiger partial charge in [-0.3, -0.25) is 4.79 Å². The maximum atomic E-state index is 11.4. The number of nitrogens with one attached hydrogen (secondary N) is 1. The monoisotopic (exact) mass is 218 g/mol. The Morgan fingerprint density at radius 2 is 2.33 bits per heavy atom. The van der Waals surface area contributed by atoms with Crippen molar-refractivity contribution in [2.75, 3.05) is 5.88 Å². The van der Waals surface area contributed by atoms with Gasteiger partial charge in [-0.15, -0.1) is 11.6 Å². The van der Waals surface area contributed by atoms with Crippen LogP contribution in [0.5, 0.6) is 0 Å². The van der Waals surface area contributed by atoms with Crippen molar-refractivity contribution in [2.24, 2.45) is 0 Å². The van der Waals surface area contributed by atoms with Crippen molar-refractivity contribution >= 4 is 22.5 Å². The van der Waals surface area contributed by atoms with Gasteiger partial charge < -0.3 is 4.98 Å². The summed E-state index contributed by atoms with van der Waals surface area (Å²) < 4.78 is 0. The molecule has 0 radical (unpaired) electrons. The van der Waals surface area contributed by atoms with E-state index in [1.165, 1.54) is 6.33 Å². The third-order valence-corrected chi connectivity index (χ3v) is 2.07. The van der Waals surface area contributed by atoms with E-state index in [9.17, 15) is 4.79 Å². The summed E-state index contributed by atoms with van der Waals surface area (Å²) in [7, 11) is 0. The number of rotatable bonds is 0. The topological polar surface area (TPSA) is 45.8 Å². The number of halogens is 1. The molecule has 0 spiro atoms. The van der Waals surface area contributed by atoms with Crippen LogP contribution < -0.4 is 5.56 Å². The summed E-state index contributed by atoms with van der Waals surface area (Å²) in [5.41, 5.74) is 1.30. The Labute approximate surface area is 91.1 Å². The fourth-order valence-electron chi connectivity index (χ4n) is 1.28. The number of alkyl halides is 1. The minimum atomic E-state index is -0.142. The lowest BCUT2D eigenvalue weighted by Crippen LogP contribution is -2.05. The average molecular weight is 219 g/mol. The third-order valence-electron chi connectivity index (χ3n) is 1.94. The zero-order chi connectivity index (χ0) is 10.7. The van der Waals surface area contributed by atoms with Gasteiger partial charge in [0.15, 0.2) is 0 Å². The number of hydrogen-bond acceptors (Lipinski definition) is 2. The van der Waals surface area contributed by atoms with Gasteiger partial charge in [-0.1, -0.05) is 11.8 Å². The van der Waals surface area contributed by atoms with Crippen molar-refractivity contribution in [3.63, 3.8) is 0 Å². The number of aromatic amines is 1. The first-order chi connectivity index (χ1) is 7.31. The number of fused-ring (bicyclic) bond motifs is 1. The van der Waals surface area contributed by atoms with Crippen LogP contribution in [0, 0.1) is 11.8 Å². The van der Waals surface area contributed by atoms with Gasteiger partial charge in [0.25, 0.3) is 5.56 Å². The summed E-state index contributed by atoms with van der Waals surface area (Å²) >= 11 is 5.45. The van der Waals surface area contributed by atoms with Gasteiger partial charge in [-0.2, -0.15) is 0 Å². The predicted molar refractivity (Wildman–Crippen MR) is 60.0 cm³/mol. The first kappa shape index (κ1) is 9.75. The van der Waals surface area contributed by atoms with Gasteiger partial charge in [-0.25, -0.2) is 4.98 Å². The van der Waals surface area contributed by atoms with Crippen LogP contribution in [0.2, 0.25) is 0 Å². The zero-order valence-electron chi connectivity index (χ0n) is 7.75. The fraction of sp³-hybridized carbons (Fsp3) is 0.0909. The SMILES string of the molecule is O=c1[nH]cnc2cc(C#CCCl)ccc12. The molecule has 1 N–H and O–H groups in total. The van der Waals surface area contributed by atoms with Gasteiger partial charge in [0.05, 0.1) is 23.1 Å². The van der Waals surface area contributed by atoms with Crippen molar-refractivity contribution in [3.8, 4) is 11.8 Å². The molecule has 2 aromatic rings. The van der Waals surface area contributed by atoms with Crippen molar-refractivity contribution in [1.29, 1.82) is 0 Å². The van der Waals surface area contributed by atoms with E-state index in [1.807, 2.05) is 0 Å². The van der Waals surface area contributed by atoms with E-state index in [1.54, 1.807) is 18.2 Å². The molecule has 0 aliphatic carbocycles. The highest BCUT2D eigenvalue weighted by atomic mass is 35.5. The van der Waals surface area contributed by atoms with Crippen LogP contribution in [0.25, 0.3) is 10.9 Å². The van der Waals surface area contributed by atoms with E-state index in [2.05, 4.69) is 21.8 Å². The van der Waals surface area contributed by atoms with Crippen LogP contribution in [0.1, 0.15) is 5.56 Å². The predicted octanol–water partition coefficient (Wildman–Crippen LogP) is 1.51. The number of aromatic nitrogens is 2. The van der Waals surface area contributed by atoms with E-state index < -0.39 is 0 Å². The van der Waals surface area contributed by atoms with Gasteiger partial charge in [0.2, 0.25) is 0 Å². The summed E-state index contributed by atoms with van der Waals surface area (Å²) in [4.78, 5) is 17.9. The molecule has 0 aliphatic heterocycles.